The minimum Gasteiger partial charge on any atom is -0.497 e. The van der Waals surface area contributed by atoms with Crippen molar-refractivity contribution >= 4 is 33.4 Å². The van der Waals surface area contributed by atoms with E-state index in [1.165, 1.54) is 37.4 Å². The number of nitrogens with one attached hydrogen (secondary N) is 1. The van der Waals surface area contributed by atoms with Gasteiger partial charge in [0.05, 0.1) is 17.9 Å². The minimum atomic E-state index is -3.68. The fraction of sp³-hybridized carbons (Fsp3) is 0.375. The molecule has 0 saturated carbocycles. The Labute approximate surface area is 199 Å². The van der Waals surface area contributed by atoms with Crippen LogP contribution in [0.5, 0.6) is 5.75 Å². The number of anilines is 1. The first-order chi connectivity index (χ1) is 16.1. The summed E-state index contributed by atoms with van der Waals surface area (Å²) in [4.78, 5) is 36.5. The lowest BCUT2D eigenvalue weighted by molar-refractivity contribution is -0.158. The molecule has 0 bridgehead atoms. The van der Waals surface area contributed by atoms with Crippen molar-refractivity contribution in [3.63, 3.8) is 0 Å². The Bertz CT molecular complexity index is 1140. The molecule has 2 aromatic rings. The highest BCUT2D eigenvalue weighted by molar-refractivity contribution is 7.89. The Balaban J connectivity index is 1.51. The number of ketones is 1. The maximum Gasteiger partial charge on any atom is 0.309 e. The number of ether oxygens (including phenoxy) is 2. The summed E-state index contributed by atoms with van der Waals surface area (Å²) in [5, 5.41) is 2.65. The molecule has 1 atom stereocenters. The second-order valence-corrected chi connectivity index (χ2v) is 9.99. The van der Waals surface area contributed by atoms with E-state index in [0.717, 1.165) is 0 Å². The number of esters is 1. The van der Waals surface area contributed by atoms with Gasteiger partial charge in [0, 0.05) is 24.3 Å². The van der Waals surface area contributed by atoms with E-state index >= 15 is 0 Å². The number of methoxy groups -OCH3 is 1. The number of carbonyl (C=O) groups excluding carboxylic acids is 3. The van der Waals surface area contributed by atoms with E-state index in [2.05, 4.69) is 5.32 Å². The fourth-order valence-electron chi connectivity index (χ4n) is 3.58. The van der Waals surface area contributed by atoms with Crippen molar-refractivity contribution in [3.8, 4) is 5.75 Å². The van der Waals surface area contributed by atoms with Crippen LogP contribution in [0.15, 0.2) is 53.4 Å². The summed E-state index contributed by atoms with van der Waals surface area (Å²) < 4.78 is 37.5. The van der Waals surface area contributed by atoms with Gasteiger partial charge in [0.1, 0.15) is 5.75 Å². The van der Waals surface area contributed by atoms with Crippen LogP contribution in [-0.4, -0.2) is 56.7 Å². The van der Waals surface area contributed by atoms with Gasteiger partial charge in [-0.25, -0.2) is 8.42 Å². The van der Waals surface area contributed by atoms with Gasteiger partial charge in [-0.05, 0) is 75.2 Å². The zero-order valence-corrected chi connectivity index (χ0v) is 20.1. The van der Waals surface area contributed by atoms with Crippen LogP contribution in [-0.2, 0) is 24.3 Å². The normalized spacial score (nSPS) is 15.9. The maximum atomic E-state index is 12.9. The highest BCUT2D eigenvalue weighted by Crippen LogP contribution is 2.26. The predicted octanol–water partition coefficient (Wildman–Crippen LogP) is 2.87. The lowest BCUT2D eigenvalue weighted by Gasteiger charge is -2.30. The molecule has 10 heteroatoms. The van der Waals surface area contributed by atoms with E-state index in [9.17, 15) is 22.8 Å². The first kappa shape index (κ1) is 25.4. The third kappa shape index (κ3) is 6.00. The van der Waals surface area contributed by atoms with Crippen LogP contribution in [0.4, 0.5) is 5.69 Å². The largest absolute Gasteiger partial charge is 0.497 e. The van der Waals surface area contributed by atoms with Crippen molar-refractivity contribution in [2.75, 3.05) is 25.5 Å². The third-order valence-electron chi connectivity index (χ3n) is 5.71. The van der Waals surface area contributed by atoms with E-state index in [0.29, 0.717) is 29.8 Å². The highest BCUT2D eigenvalue weighted by Gasteiger charge is 2.34. The van der Waals surface area contributed by atoms with Gasteiger partial charge in [0.15, 0.2) is 11.9 Å². The molecular weight excluding hydrogens is 460 g/mol. The molecule has 1 aliphatic rings. The van der Waals surface area contributed by atoms with Gasteiger partial charge >= 0.3 is 5.97 Å². The molecular formula is C24H28N2O7S. The molecule has 1 saturated heterocycles. The van der Waals surface area contributed by atoms with Gasteiger partial charge in [-0.15, -0.1) is 0 Å². The number of rotatable bonds is 8. The summed E-state index contributed by atoms with van der Waals surface area (Å²) in [5.74, 6) is -1.04. The van der Waals surface area contributed by atoms with Crippen molar-refractivity contribution < 1.29 is 32.3 Å². The number of Topliss-reactive ketones (excluding diaryl/α,β-unsaturated/α-hetero) is 1. The molecule has 1 heterocycles. The second kappa shape index (κ2) is 10.8. The summed E-state index contributed by atoms with van der Waals surface area (Å²) in [7, 11) is -2.17. The SMILES string of the molecule is COc1ccc(S(=O)(=O)N2CCC(C(=O)OC(C)C(=O)Nc3ccc(C(C)=O)cc3)CC2)cc1. The van der Waals surface area contributed by atoms with Crippen molar-refractivity contribution in [1.29, 1.82) is 0 Å². The number of benzene rings is 2. The number of amides is 1. The molecule has 1 aliphatic heterocycles. The van der Waals surface area contributed by atoms with Crippen LogP contribution < -0.4 is 10.1 Å². The van der Waals surface area contributed by atoms with Crippen LogP contribution in [0.25, 0.3) is 0 Å². The van der Waals surface area contributed by atoms with Crippen molar-refractivity contribution in [2.45, 2.75) is 37.7 Å². The molecule has 9 nitrogen and oxygen atoms in total. The molecule has 34 heavy (non-hydrogen) atoms. The second-order valence-electron chi connectivity index (χ2n) is 8.06. The maximum absolute atomic E-state index is 12.9. The molecule has 0 radical (unpaired) electrons. The molecule has 1 fully saturated rings. The monoisotopic (exact) mass is 488 g/mol. The number of hydrogen-bond donors (Lipinski definition) is 1. The Kier molecular flexibility index (Phi) is 8.06. The van der Waals surface area contributed by atoms with Gasteiger partial charge in [-0.2, -0.15) is 4.31 Å². The van der Waals surface area contributed by atoms with Gasteiger partial charge < -0.3 is 14.8 Å². The van der Waals surface area contributed by atoms with Crippen molar-refractivity contribution in [3.05, 3.63) is 54.1 Å². The topological polar surface area (TPSA) is 119 Å². The molecule has 182 valence electrons. The van der Waals surface area contributed by atoms with Gasteiger partial charge in [-0.3, -0.25) is 14.4 Å². The number of hydrogen-bond acceptors (Lipinski definition) is 7. The lowest BCUT2D eigenvalue weighted by Crippen LogP contribution is -2.41. The smallest absolute Gasteiger partial charge is 0.309 e. The standard InChI is InChI=1S/C24H28N2O7S/c1-16(27)18-4-6-20(7-5-18)25-23(28)17(2)33-24(29)19-12-14-26(15-13-19)34(30,31)22-10-8-21(32-3)9-11-22/h4-11,17,19H,12-15H2,1-3H3,(H,25,28). The summed E-state index contributed by atoms with van der Waals surface area (Å²) >= 11 is 0. The molecule has 1 amide bonds. The average Bonchev–Trinajstić information content (AvgIpc) is 2.84. The van der Waals surface area contributed by atoms with Crippen LogP contribution in [0.3, 0.4) is 0 Å². The van der Waals surface area contributed by atoms with E-state index in [4.69, 9.17) is 9.47 Å². The molecule has 0 aliphatic carbocycles. The highest BCUT2D eigenvalue weighted by atomic mass is 32.2. The van der Waals surface area contributed by atoms with Gasteiger partial charge in [0.25, 0.3) is 5.91 Å². The van der Waals surface area contributed by atoms with E-state index < -0.39 is 33.9 Å². The van der Waals surface area contributed by atoms with Crippen LogP contribution >= 0.6 is 0 Å². The number of carbonyl (C=O) groups is 3. The summed E-state index contributed by atoms with van der Waals surface area (Å²) in [6.07, 6.45) is -0.425. The zero-order chi connectivity index (χ0) is 24.9. The zero-order valence-electron chi connectivity index (χ0n) is 19.3. The summed E-state index contributed by atoms with van der Waals surface area (Å²) in [6.45, 7) is 3.28. The van der Waals surface area contributed by atoms with Crippen molar-refractivity contribution in [1.82, 2.24) is 4.31 Å². The molecule has 0 aromatic heterocycles. The van der Waals surface area contributed by atoms with Crippen LogP contribution in [0, 0.1) is 5.92 Å². The van der Waals surface area contributed by atoms with E-state index in [1.54, 1.807) is 36.4 Å². The van der Waals surface area contributed by atoms with E-state index in [1.807, 2.05) is 0 Å². The summed E-state index contributed by atoms with van der Waals surface area (Å²) in [5.41, 5.74) is 1.01. The number of piperidine rings is 1. The van der Waals surface area contributed by atoms with Crippen LogP contribution in [0.2, 0.25) is 0 Å². The minimum absolute atomic E-state index is 0.0805. The Morgan fingerprint density at radius 2 is 1.59 bits per heavy atom. The first-order valence-corrected chi connectivity index (χ1v) is 12.3. The third-order valence-corrected chi connectivity index (χ3v) is 7.62. The number of nitrogens with zero attached hydrogens (tertiary/aromatic N) is 1. The average molecular weight is 489 g/mol. The molecule has 1 unspecified atom stereocenters. The quantitative estimate of drug-likeness (QED) is 0.448. The van der Waals surface area contributed by atoms with Gasteiger partial charge in [-0.1, -0.05) is 0 Å². The fourth-order valence-corrected chi connectivity index (χ4v) is 5.05. The summed E-state index contributed by atoms with van der Waals surface area (Å²) in [6, 6.07) is 12.5. The Morgan fingerprint density at radius 3 is 2.12 bits per heavy atom. The predicted molar refractivity (Wildman–Crippen MR) is 125 cm³/mol. The Morgan fingerprint density at radius 1 is 1.00 bits per heavy atom. The van der Waals surface area contributed by atoms with Gasteiger partial charge in [0.2, 0.25) is 10.0 Å². The molecule has 2 aromatic carbocycles. The molecule has 3 rings (SSSR count). The van der Waals surface area contributed by atoms with E-state index in [-0.39, 0.29) is 23.8 Å². The number of sulfonamides is 1. The Hall–Kier alpha value is -3.24. The molecule has 1 N–H and O–H groups in total. The molecule has 0 spiro atoms. The van der Waals surface area contributed by atoms with Crippen LogP contribution in [0.1, 0.15) is 37.0 Å². The van der Waals surface area contributed by atoms with Crippen molar-refractivity contribution in [2.24, 2.45) is 5.92 Å². The lowest BCUT2D eigenvalue weighted by atomic mass is 9.98. The first-order valence-electron chi connectivity index (χ1n) is 10.9.